The van der Waals surface area contributed by atoms with Gasteiger partial charge >= 0.3 is 0 Å². The third-order valence-corrected chi connectivity index (χ3v) is 3.13. The molecule has 2 rings (SSSR count). The van der Waals surface area contributed by atoms with Crippen LogP contribution in [0.25, 0.3) is 11.1 Å². The molecule has 0 unspecified atom stereocenters. The Morgan fingerprint density at radius 3 is 2.00 bits per heavy atom. The van der Waals surface area contributed by atoms with Crippen molar-refractivity contribution in [2.24, 2.45) is 0 Å². The summed E-state index contributed by atoms with van der Waals surface area (Å²) in [6.07, 6.45) is 0. The summed E-state index contributed by atoms with van der Waals surface area (Å²) in [6, 6.07) is 12.0. The first-order valence-electron chi connectivity index (χ1n) is 5.46. The van der Waals surface area contributed by atoms with E-state index in [1.165, 1.54) is 11.1 Å². The molecule has 1 nitrogen and oxygen atoms in total. The molecule has 0 saturated heterocycles. The third-order valence-electron chi connectivity index (χ3n) is 3.13. The summed E-state index contributed by atoms with van der Waals surface area (Å²) < 4.78 is 0. The highest BCUT2D eigenvalue weighted by Gasteiger charge is 2.09. The lowest BCUT2D eigenvalue weighted by atomic mass is 9.95. The molecule has 2 aromatic rings. The molecule has 16 heavy (non-hydrogen) atoms. The molecule has 1 N–H and O–H groups in total. The van der Waals surface area contributed by atoms with Gasteiger partial charge in [-0.1, -0.05) is 36.4 Å². The molecule has 0 spiro atoms. The van der Waals surface area contributed by atoms with Gasteiger partial charge < -0.3 is 5.11 Å². The lowest BCUT2D eigenvalue weighted by Crippen LogP contribution is -1.88. The number of aryl methyl sites for hydroxylation is 2. The molecule has 1 heteroatoms. The number of phenols is 1. The summed E-state index contributed by atoms with van der Waals surface area (Å²) >= 11 is 0. The molecule has 0 fully saturated rings. The van der Waals surface area contributed by atoms with E-state index in [0.717, 1.165) is 16.7 Å². The van der Waals surface area contributed by atoms with Crippen LogP contribution in [0.15, 0.2) is 36.4 Å². The van der Waals surface area contributed by atoms with Crippen LogP contribution in [-0.2, 0) is 0 Å². The van der Waals surface area contributed by atoms with Crippen LogP contribution < -0.4 is 0 Å². The number of hydrogen-bond acceptors (Lipinski definition) is 1. The SMILES string of the molecule is Cc1cccc(-c2cccc(C)c2O)c1C. The van der Waals surface area contributed by atoms with Crippen LogP contribution >= 0.6 is 0 Å². The molecular weight excluding hydrogens is 196 g/mol. The van der Waals surface area contributed by atoms with Crippen molar-refractivity contribution in [3.05, 3.63) is 53.1 Å². The predicted molar refractivity (Wildman–Crippen MR) is 67.8 cm³/mol. The van der Waals surface area contributed by atoms with E-state index >= 15 is 0 Å². The molecule has 82 valence electrons. The van der Waals surface area contributed by atoms with E-state index < -0.39 is 0 Å². The summed E-state index contributed by atoms with van der Waals surface area (Å²) in [5.74, 6) is 0.385. The first-order chi connectivity index (χ1) is 7.61. The topological polar surface area (TPSA) is 20.2 Å². The number of para-hydroxylation sites is 1. The number of phenolic OH excluding ortho intramolecular Hbond substituents is 1. The second-order valence-electron chi connectivity index (χ2n) is 4.22. The summed E-state index contributed by atoms with van der Waals surface area (Å²) in [5.41, 5.74) is 5.42. The van der Waals surface area contributed by atoms with Crippen molar-refractivity contribution in [2.75, 3.05) is 0 Å². The van der Waals surface area contributed by atoms with Crippen LogP contribution in [0, 0.1) is 20.8 Å². The molecule has 0 aliphatic rings. The second kappa shape index (κ2) is 4.01. The molecule has 0 aromatic heterocycles. The Kier molecular flexibility index (Phi) is 2.69. The first kappa shape index (κ1) is 10.7. The smallest absolute Gasteiger partial charge is 0.126 e. The summed E-state index contributed by atoms with van der Waals surface area (Å²) in [5, 5.41) is 10.1. The van der Waals surface area contributed by atoms with Gasteiger partial charge in [-0.05, 0) is 43.0 Å². The van der Waals surface area contributed by atoms with Gasteiger partial charge in [-0.2, -0.15) is 0 Å². The van der Waals surface area contributed by atoms with E-state index in [0.29, 0.717) is 5.75 Å². The zero-order chi connectivity index (χ0) is 11.7. The summed E-state index contributed by atoms with van der Waals surface area (Å²) in [6.45, 7) is 6.10. The number of rotatable bonds is 1. The van der Waals surface area contributed by atoms with Gasteiger partial charge in [-0.15, -0.1) is 0 Å². The molecule has 0 aliphatic carbocycles. The fourth-order valence-electron chi connectivity index (χ4n) is 1.92. The molecule has 0 saturated carbocycles. The minimum absolute atomic E-state index is 0.385. The first-order valence-corrected chi connectivity index (χ1v) is 5.46. The molecule has 0 amide bonds. The second-order valence-corrected chi connectivity index (χ2v) is 4.22. The van der Waals surface area contributed by atoms with E-state index in [4.69, 9.17) is 0 Å². The summed E-state index contributed by atoms with van der Waals surface area (Å²) in [4.78, 5) is 0. The predicted octanol–water partition coefficient (Wildman–Crippen LogP) is 3.98. The Balaban J connectivity index is 2.68. The normalized spacial score (nSPS) is 10.4. The molecular formula is C15H16O. The number of hydrogen-bond donors (Lipinski definition) is 1. The van der Waals surface area contributed by atoms with Crippen molar-refractivity contribution in [2.45, 2.75) is 20.8 Å². The van der Waals surface area contributed by atoms with Crippen LogP contribution in [0.2, 0.25) is 0 Å². The zero-order valence-corrected chi connectivity index (χ0v) is 9.91. The van der Waals surface area contributed by atoms with Crippen molar-refractivity contribution in [3.8, 4) is 16.9 Å². The fourth-order valence-corrected chi connectivity index (χ4v) is 1.92. The van der Waals surface area contributed by atoms with Gasteiger partial charge in [0.15, 0.2) is 0 Å². The highest BCUT2D eigenvalue weighted by atomic mass is 16.3. The van der Waals surface area contributed by atoms with E-state index in [-0.39, 0.29) is 0 Å². The monoisotopic (exact) mass is 212 g/mol. The van der Waals surface area contributed by atoms with Crippen molar-refractivity contribution in [1.29, 1.82) is 0 Å². The van der Waals surface area contributed by atoms with Crippen LogP contribution in [0.1, 0.15) is 16.7 Å². The Morgan fingerprint density at radius 1 is 0.750 bits per heavy atom. The third kappa shape index (κ3) is 1.69. The minimum Gasteiger partial charge on any atom is -0.507 e. The maximum atomic E-state index is 10.1. The lowest BCUT2D eigenvalue weighted by Gasteiger charge is -2.11. The fraction of sp³-hybridized carbons (Fsp3) is 0.200. The minimum atomic E-state index is 0.385. The van der Waals surface area contributed by atoms with Gasteiger partial charge in [0.05, 0.1) is 0 Å². The van der Waals surface area contributed by atoms with Gasteiger partial charge in [0.25, 0.3) is 0 Å². The average molecular weight is 212 g/mol. The van der Waals surface area contributed by atoms with Gasteiger partial charge in [-0.3, -0.25) is 0 Å². The van der Waals surface area contributed by atoms with Crippen LogP contribution in [0.5, 0.6) is 5.75 Å². The largest absolute Gasteiger partial charge is 0.507 e. The Labute approximate surface area is 96.4 Å². The van der Waals surface area contributed by atoms with Crippen molar-refractivity contribution < 1.29 is 5.11 Å². The van der Waals surface area contributed by atoms with E-state index in [9.17, 15) is 5.11 Å². The van der Waals surface area contributed by atoms with Gasteiger partial charge in [-0.25, -0.2) is 0 Å². The quantitative estimate of drug-likeness (QED) is 0.758. The number of aromatic hydroxyl groups is 1. The molecule has 0 bridgehead atoms. The maximum Gasteiger partial charge on any atom is 0.126 e. The molecule has 2 aromatic carbocycles. The van der Waals surface area contributed by atoms with Crippen LogP contribution in [0.4, 0.5) is 0 Å². The lowest BCUT2D eigenvalue weighted by molar-refractivity contribution is 0.473. The molecule has 0 radical (unpaired) electrons. The van der Waals surface area contributed by atoms with Crippen LogP contribution in [0.3, 0.4) is 0 Å². The van der Waals surface area contributed by atoms with E-state index in [1.807, 2.05) is 31.2 Å². The van der Waals surface area contributed by atoms with Gasteiger partial charge in [0.1, 0.15) is 5.75 Å². The highest BCUT2D eigenvalue weighted by molar-refractivity contribution is 5.75. The Bertz CT molecular complexity index is 477. The molecule has 0 aliphatic heterocycles. The maximum absolute atomic E-state index is 10.1. The Hall–Kier alpha value is -1.76. The standard InChI is InChI=1S/C15H16O/c1-10-6-4-8-13(12(10)3)14-9-5-7-11(2)15(14)16/h4-9,16H,1-3H3. The van der Waals surface area contributed by atoms with Crippen molar-refractivity contribution in [1.82, 2.24) is 0 Å². The Morgan fingerprint density at radius 2 is 1.31 bits per heavy atom. The van der Waals surface area contributed by atoms with E-state index in [2.05, 4.69) is 26.0 Å². The van der Waals surface area contributed by atoms with Crippen molar-refractivity contribution >= 4 is 0 Å². The van der Waals surface area contributed by atoms with Gasteiger partial charge in [0, 0.05) is 5.56 Å². The van der Waals surface area contributed by atoms with Gasteiger partial charge in [0.2, 0.25) is 0 Å². The number of benzene rings is 2. The molecule has 0 atom stereocenters. The summed E-state index contributed by atoms with van der Waals surface area (Å²) in [7, 11) is 0. The zero-order valence-electron chi connectivity index (χ0n) is 9.91. The molecule has 0 heterocycles. The van der Waals surface area contributed by atoms with E-state index in [1.54, 1.807) is 0 Å². The van der Waals surface area contributed by atoms with Crippen molar-refractivity contribution in [3.63, 3.8) is 0 Å². The van der Waals surface area contributed by atoms with Crippen LogP contribution in [-0.4, -0.2) is 5.11 Å². The highest BCUT2D eigenvalue weighted by Crippen LogP contribution is 2.34. The average Bonchev–Trinajstić information content (AvgIpc) is 2.27.